The van der Waals surface area contributed by atoms with E-state index in [4.69, 9.17) is 0 Å². The predicted octanol–water partition coefficient (Wildman–Crippen LogP) is 2.11. The first-order valence-corrected chi connectivity index (χ1v) is 3.90. The van der Waals surface area contributed by atoms with Crippen LogP contribution in [0.3, 0.4) is 0 Å². The third-order valence-corrected chi connectivity index (χ3v) is 1.51. The quantitative estimate of drug-likeness (QED) is 0.584. The first kappa shape index (κ1) is 10.7. The number of hydrogen-bond donors (Lipinski definition) is 0. The van der Waals surface area contributed by atoms with Crippen molar-refractivity contribution in [1.82, 2.24) is 4.90 Å². The van der Waals surface area contributed by atoms with Crippen molar-refractivity contribution in [3.05, 3.63) is 37.1 Å². The van der Waals surface area contributed by atoms with E-state index in [0.717, 1.165) is 5.70 Å². The molecule has 0 aromatic rings. The lowest BCUT2D eigenvalue weighted by molar-refractivity contribution is -0.126. The van der Waals surface area contributed by atoms with Gasteiger partial charge in [-0.05, 0) is 19.1 Å². The average molecular weight is 165 g/mol. The van der Waals surface area contributed by atoms with Crippen LogP contribution < -0.4 is 0 Å². The number of hydrogen-bond acceptors (Lipinski definition) is 1. The van der Waals surface area contributed by atoms with Gasteiger partial charge in [-0.2, -0.15) is 0 Å². The van der Waals surface area contributed by atoms with Crippen LogP contribution in [-0.4, -0.2) is 17.4 Å². The molecule has 0 saturated heterocycles. The normalized spacial score (nSPS) is 10.7. The molecule has 0 radical (unpaired) electrons. The van der Waals surface area contributed by atoms with Crippen LogP contribution in [0, 0.1) is 0 Å². The molecule has 0 aromatic heterocycles. The van der Waals surface area contributed by atoms with E-state index >= 15 is 0 Å². The van der Waals surface area contributed by atoms with Crippen molar-refractivity contribution in [2.75, 3.05) is 6.54 Å². The van der Waals surface area contributed by atoms with Gasteiger partial charge >= 0.3 is 0 Å². The Morgan fingerprint density at radius 3 is 2.33 bits per heavy atom. The fourth-order valence-electron chi connectivity index (χ4n) is 0.976. The summed E-state index contributed by atoms with van der Waals surface area (Å²) < 4.78 is 0. The van der Waals surface area contributed by atoms with Gasteiger partial charge < -0.3 is 4.90 Å². The number of amides is 1. The maximum absolute atomic E-state index is 11.1. The number of nitrogens with zero attached hydrogens (tertiary/aromatic N) is 1. The number of allylic oxidation sites excluding steroid dienone is 3. The molecule has 66 valence electrons. The molecule has 0 unspecified atom stereocenters. The molecule has 0 atom stereocenters. The van der Waals surface area contributed by atoms with Crippen molar-refractivity contribution >= 4 is 5.91 Å². The van der Waals surface area contributed by atoms with Crippen molar-refractivity contribution in [2.45, 2.75) is 13.8 Å². The van der Waals surface area contributed by atoms with Crippen molar-refractivity contribution in [1.29, 1.82) is 0 Å². The lowest BCUT2D eigenvalue weighted by atomic mass is 10.3. The van der Waals surface area contributed by atoms with Crippen molar-refractivity contribution < 1.29 is 4.79 Å². The third-order valence-electron chi connectivity index (χ3n) is 1.51. The van der Waals surface area contributed by atoms with Crippen LogP contribution in [0.5, 0.6) is 0 Å². The number of rotatable bonds is 4. The Bertz CT molecular complexity index is 216. The maximum atomic E-state index is 11.1. The van der Waals surface area contributed by atoms with Gasteiger partial charge in [-0.1, -0.05) is 19.2 Å². The Morgan fingerprint density at radius 2 is 2.08 bits per heavy atom. The van der Waals surface area contributed by atoms with E-state index in [9.17, 15) is 4.79 Å². The minimum atomic E-state index is 0.0190. The molecule has 0 bridgehead atoms. The maximum Gasteiger partial charge on any atom is 0.223 e. The van der Waals surface area contributed by atoms with Gasteiger partial charge in [0.15, 0.2) is 0 Å². The fourth-order valence-corrected chi connectivity index (χ4v) is 0.976. The summed E-state index contributed by atoms with van der Waals surface area (Å²) in [6.45, 7) is 11.3. The molecular formula is C10H15NO. The molecule has 2 nitrogen and oxygen atoms in total. The van der Waals surface area contributed by atoms with Gasteiger partial charge in [-0.25, -0.2) is 0 Å². The zero-order valence-electron chi connectivity index (χ0n) is 7.71. The summed E-state index contributed by atoms with van der Waals surface area (Å²) in [6, 6.07) is 0. The first-order chi connectivity index (χ1) is 5.67. The van der Waals surface area contributed by atoms with Crippen molar-refractivity contribution in [2.24, 2.45) is 0 Å². The van der Waals surface area contributed by atoms with E-state index in [0.29, 0.717) is 6.54 Å². The van der Waals surface area contributed by atoms with Gasteiger partial charge in [0.25, 0.3) is 0 Å². The smallest absolute Gasteiger partial charge is 0.223 e. The zero-order chi connectivity index (χ0) is 9.56. The van der Waals surface area contributed by atoms with Crippen LogP contribution in [0.15, 0.2) is 37.1 Å². The topological polar surface area (TPSA) is 20.3 Å². The summed E-state index contributed by atoms with van der Waals surface area (Å²) in [6.07, 6.45) is 5.05. The highest BCUT2D eigenvalue weighted by Gasteiger charge is 2.07. The molecular weight excluding hydrogens is 150 g/mol. The summed E-state index contributed by atoms with van der Waals surface area (Å²) in [7, 11) is 0. The van der Waals surface area contributed by atoms with Crippen molar-refractivity contribution in [3.63, 3.8) is 0 Å². The molecule has 0 aliphatic heterocycles. The molecule has 0 aliphatic rings. The summed E-state index contributed by atoms with van der Waals surface area (Å²) in [4.78, 5) is 12.7. The van der Waals surface area contributed by atoms with Gasteiger partial charge in [0.2, 0.25) is 5.91 Å². The minimum absolute atomic E-state index is 0.0190. The summed E-state index contributed by atoms with van der Waals surface area (Å²) in [5.41, 5.74) is 0.792. The predicted molar refractivity (Wildman–Crippen MR) is 51.5 cm³/mol. The minimum Gasteiger partial charge on any atom is -0.313 e. The highest BCUT2D eigenvalue weighted by molar-refractivity contribution is 5.75. The van der Waals surface area contributed by atoms with Crippen LogP contribution in [0.2, 0.25) is 0 Å². The van der Waals surface area contributed by atoms with Crippen molar-refractivity contribution in [3.8, 4) is 0 Å². The monoisotopic (exact) mass is 165 g/mol. The Morgan fingerprint density at radius 1 is 1.50 bits per heavy atom. The molecule has 0 heterocycles. The number of carbonyl (C=O) groups is 1. The average Bonchev–Trinajstić information content (AvgIpc) is 2.03. The summed E-state index contributed by atoms with van der Waals surface area (Å²) in [5.74, 6) is 0.0190. The fraction of sp³-hybridized carbons (Fsp3) is 0.300. The largest absolute Gasteiger partial charge is 0.313 e. The van der Waals surface area contributed by atoms with Crippen LogP contribution in [-0.2, 0) is 4.79 Å². The van der Waals surface area contributed by atoms with Gasteiger partial charge in [0.05, 0.1) is 0 Å². The molecule has 0 saturated carbocycles. The molecule has 0 N–H and O–H groups in total. The lowest BCUT2D eigenvalue weighted by Crippen LogP contribution is -2.26. The van der Waals surface area contributed by atoms with Crippen LogP contribution in [0.1, 0.15) is 13.8 Å². The molecule has 0 spiro atoms. The molecule has 0 fully saturated rings. The van der Waals surface area contributed by atoms with Gasteiger partial charge in [-0.3, -0.25) is 4.79 Å². The molecule has 0 rings (SSSR count). The summed E-state index contributed by atoms with van der Waals surface area (Å²) >= 11 is 0. The SMILES string of the molecule is C=C/C=C(\C=C)N(CC)C(C)=O. The second kappa shape index (κ2) is 5.35. The van der Waals surface area contributed by atoms with Gasteiger partial charge in [-0.15, -0.1) is 0 Å². The van der Waals surface area contributed by atoms with E-state index in [1.807, 2.05) is 6.92 Å². The molecule has 2 heteroatoms. The van der Waals surface area contributed by atoms with E-state index in [2.05, 4.69) is 13.2 Å². The first-order valence-electron chi connectivity index (χ1n) is 3.90. The third kappa shape index (κ3) is 2.74. The Labute approximate surface area is 73.9 Å². The summed E-state index contributed by atoms with van der Waals surface area (Å²) in [5, 5.41) is 0. The standard InChI is InChI=1S/C10H15NO/c1-5-8-10(6-2)11(7-3)9(4)12/h5-6,8H,1-2,7H2,3-4H3/b10-8+. The molecule has 1 amide bonds. The second-order valence-corrected chi connectivity index (χ2v) is 2.29. The Balaban J connectivity index is 4.66. The van der Waals surface area contributed by atoms with E-state index in [1.54, 1.807) is 23.1 Å². The number of likely N-dealkylation sites (N-methyl/N-ethyl adjacent to an activating group) is 1. The zero-order valence-corrected chi connectivity index (χ0v) is 7.71. The molecule has 0 aromatic carbocycles. The highest BCUT2D eigenvalue weighted by atomic mass is 16.2. The Kier molecular flexibility index (Phi) is 4.77. The molecule has 0 aliphatic carbocycles. The van der Waals surface area contributed by atoms with Gasteiger partial charge in [0.1, 0.15) is 0 Å². The number of carbonyl (C=O) groups excluding carboxylic acids is 1. The second-order valence-electron chi connectivity index (χ2n) is 2.29. The van der Waals surface area contributed by atoms with Gasteiger partial charge in [0, 0.05) is 19.2 Å². The van der Waals surface area contributed by atoms with E-state index in [1.165, 1.54) is 6.92 Å². The highest BCUT2D eigenvalue weighted by Crippen LogP contribution is 2.05. The Hall–Kier alpha value is -1.31. The van der Waals surface area contributed by atoms with E-state index in [-0.39, 0.29) is 5.91 Å². The van der Waals surface area contributed by atoms with E-state index < -0.39 is 0 Å². The van der Waals surface area contributed by atoms with Crippen LogP contribution >= 0.6 is 0 Å². The molecule has 12 heavy (non-hydrogen) atoms. The van der Waals surface area contributed by atoms with Crippen LogP contribution in [0.4, 0.5) is 0 Å². The lowest BCUT2D eigenvalue weighted by Gasteiger charge is -2.19. The van der Waals surface area contributed by atoms with Crippen LogP contribution in [0.25, 0.3) is 0 Å².